The van der Waals surface area contributed by atoms with Crippen molar-refractivity contribution >= 4 is 25.1 Å². The number of rotatable bonds is 11. The summed E-state index contributed by atoms with van der Waals surface area (Å²) in [6.07, 6.45) is 1.42. The third-order valence-electron chi connectivity index (χ3n) is 7.40. The Morgan fingerprint density at radius 1 is 1.19 bits per heavy atom. The van der Waals surface area contributed by atoms with Crippen molar-refractivity contribution in [1.82, 2.24) is 19.7 Å². The maximum Gasteiger partial charge on any atom is 0.513 e. The average Bonchev–Trinajstić information content (AvgIpc) is 3.54. The lowest BCUT2D eigenvalue weighted by molar-refractivity contribution is -0.145. The van der Waals surface area contributed by atoms with Crippen LogP contribution in [-0.2, 0) is 35.4 Å². The fraction of sp³-hybridized carbons (Fsp3) is 0.300. The number of aliphatic hydroxyl groups is 1. The van der Waals surface area contributed by atoms with E-state index in [1.165, 1.54) is 6.33 Å². The fourth-order valence-corrected chi connectivity index (χ4v) is 6.32. The van der Waals surface area contributed by atoms with Gasteiger partial charge in [-0.2, -0.15) is 10.2 Å². The maximum absolute atomic E-state index is 14.3. The highest BCUT2D eigenvalue weighted by Gasteiger charge is 2.51. The van der Waals surface area contributed by atoms with E-state index >= 15 is 0 Å². The van der Waals surface area contributed by atoms with Crippen molar-refractivity contribution in [3.63, 3.8) is 0 Å². The summed E-state index contributed by atoms with van der Waals surface area (Å²) in [5.41, 5.74) is 6.96. The van der Waals surface area contributed by atoms with Gasteiger partial charge in [0.25, 0.3) is 0 Å². The second-order valence-electron chi connectivity index (χ2n) is 10.3. The molecule has 4 N–H and O–H groups in total. The number of carbonyl (C=O) groups is 1. The van der Waals surface area contributed by atoms with E-state index in [4.69, 9.17) is 24.3 Å². The molecule has 5 atom stereocenters. The van der Waals surface area contributed by atoms with Crippen LogP contribution in [0.5, 0.6) is 5.75 Å². The summed E-state index contributed by atoms with van der Waals surface area (Å²) in [4.78, 5) is 17.0. The smallest absolute Gasteiger partial charge is 0.479 e. The number of nitrogens with one attached hydrogen (secondary N) is 1. The van der Waals surface area contributed by atoms with E-state index in [1.807, 2.05) is 37.3 Å². The van der Waals surface area contributed by atoms with Crippen LogP contribution < -0.4 is 15.3 Å². The molecule has 0 spiro atoms. The number of esters is 1. The van der Waals surface area contributed by atoms with Gasteiger partial charge in [0.15, 0.2) is 17.2 Å². The normalized spacial score (nSPS) is 22.9. The SMILES string of the molecule is CCOC(=O)[C@H](Cc1ccccc1)NP(=O)(OC=C1O[C@@](C)(c2ccc3c(N)ncnn23)[C@@H](C)[C@@H]1O)Oc1ccccc1. The van der Waals surface area contributed by atoms with E-state index in [0.717, 1.165) is 11.8 Å². The molecule has 1 aliphatic heterocycles. The minimum absolute atomic E-state index is 0.0152. The number of para-hydroxylation sites is 1. The molecule has 13 heteroatoms. The molecule has 1 fully saturated rings. The van der Waals surface area contributed by atoms with E-state index in [0.29, 0.717) is 17.0 Å². The van der Waals surface area contributed by atoms with Gasteiger partial charge in [-0.05, 0) is 50.1 Å². The van der Waals surface area contributed by atoms with Crippen LogP contribution in [0.25, 0.3) is 5.52 Å². The molecule has 0 amide bonds. The second-order valence-corrected chi connectivity index (χ2v) is 11.9. The number of nitrogen functional groups attached to an aromatic ring is 1. The highest BCUT2D eigenvalue weighted by atomic mass is 31.2. The Morgan fingerprint density at radius 3 is 2.58 bits per heavy atom. The van der Waals surface area contributed by atoms with Gasteiger partial charge in [-0.3, -0.25) is 4.79 Å². The molecule has 0 saturated carbocycles. The van der Waals surface area contributed by atoms with Crippen molar-refractivity contribution in [2.45, 2.75) is 44.9 Å². The number of nitrogens with two attached hydrogens (primary N) is 1. The number of hydrogen-bond donors (Lipinski definition) is 3. The Hall–Kier alpha value is -4.38. The predicted octanol–water partition coefficient (Wildman–Crippen LogP) is 4.36. The lowest BCUT2D eigenvalue weighted by Gasteiger charge is -2.28. The number of hydrogen-bond acceptors (Lipinski definition) is 10. The van der Waals surface area contributed by atoms with Crippen molar-refractivity contribution in [2.24, 2.45) is 5.92 Å². The minimum atomic E-state index is -4.32. The summed E-state index contributed by atoms with van der Waals surface area (Å²) in [5.74, 6) is -0.557. The van der Waals surface area contributed by atoms with Gasteiger partial charge in [-0.15, -0.1) is 0 Å². The third-order valence-corrected chi connectivity index (χ3v) is 8.86. The van der Waals surface area contributed by atoms with E-state index in [1.54, 1.807) is 60.8 Å². The Morgan fingerprint density at radius 2 is 1.88 bits per heavy atom. The van der Waals surface area contributed by atoms with Crippen LogP contribution in [0.2, 0.25) is 0 Å². The Balaban J connectivity index is 1.45. The molecule has 2 aromatic heterocycles. The lowest BCUT2D eigenvalue weighted by Crippen LogP contribution is -2.39. The largest absolute Gasteiger partial charge is 0.513 e. The zero-order valence-corrected chi connectivity index (χ0v) is 24.9. The van der Waals surface area contributed by atoms with Crippen LogP contribution in [0.3, 0.4) is 0 Å². The number of aromatic nitrogens is 3. The summed E-state index contributed by atoms with van der Waals surface area (Å²) < 4.78 is 39.0. The van der Waals surface area contributed by atoms with E-state index in [-0.39, 0.29) is 24.5 Å². The number of aliphatic hydroxyl groups excluding tert-OH is 1. The summed E-state index contributed by atoms with van der Waals surface area (Å²) in [7, 11) is -4.32. The van der Waals surface area contributed by atoms with Gasteiger partial charge in [-0.1, -0.05) is 55.5 Å². The van der Waals surface area contributed by atoms with Crippen molar-refractivity contribution in [3.05, 3.63) is 102 Å². The summed E-state index contributed by atoms with van der Waals surface area (Å²) in [5, 5.41) is 18.2. The van der Waals surface area contributed by atoms with E-state index < -0.39 is 37.4 Å². The van der Waals surface area contributed by atoms with Gasteiger partial charge in [0.2, 0.25) is 0 Å². The summed E-state index contributed by atoms with van der Waals surface area (Å²) in [6, 6.07) is 20.1. The van der Waals surface area contributed by atoms with Crippen LogP contribution in [0.4, 0.5) is 5.82 Å². The van der Waals surface area contributed by atoms with Crippen molar-refractivity contribution in [3.8, 4) is 5.75 Å². The van der Waals surface area contributed by atoms with Gasteiger partial charge in [0.05, 0.1) is 12.3 Å². The van der Waals surface area contributed by atoms with E-state index in [9.17, 15) is 14.5 Å². The zero-order valence-electron chi connectivity index (χ0n) is 24.0. The molecule has 4 aromatic rings. The molecule has 1 aliphatic rings. The van der Waals surface area contributed by atoms with Crippen LogP contribution in [0.15, 0.2) is 91.1 Å². The Kier molecular flexibility index (Phi) is 8.72. The first-order valence-electron chi connectivity index (χ1n) is 13.8. The average molecular weight is 608 g/mol. The topological polar surface area (TPSA) is 160 Å². The Labute approximate surface area is 249 Å². The van der Waals surface area contributed by atoms with Gasteiger partial charge >= 0.3 is 13.7 Å². The van der Waals surface area contributed by atoms with Crippen molar-refractivity contribution in [1.29, 1.82) is 0 Å². The molecule has 5 rings (SSSR count). The van der Waals surface area contributed by atoms with Gasteiger partial charge in [-0.25, -0.2) is 14.1 Å². The highest BCUT2D eigenvalue weighted by Crippen LogP contribution is 2.49. The molecular weight excluding hydrogens is 573 g/mol. The standard InChI is InChI=1S/C30H34N5O7P/c1-4-39-29(37)23(17-21-11-7-5-8-12-21)34-43(38,42-22-13-9-6-10-14-22)40-18-25-27(36)20(2)30(3,41-25)26-16-15-24-28(31)32-19-33-35(24)26/h5-16,18-20,23,27,36H,4,17H2,1-3H3,(H,34,38)(H2,31,32,33)/t20-,23-,27-,30+,43?/m0/s1. The molecule has 0 bridgehead atoms. The zero-order chi connectivity index (χ0) is 30.6. The van der Waals surface area contributed by atoms with Crippen LogP contribution in [0.1, 0.15) is 32.0 Å². The van der Waals surface area contributed by atoms with Crippen LogP contribution in [0, 0.1) is 5.92 Å². The molecule has 1 unspecified atom stereocenters. The number of anilines is 1. The van der Waals surface area contributed by atoms with Crippen molar-refractivity contribution < 1.29 is 33.0 Å². The summed E-state index contributed by atoms with van der Waals surface area (Å²) in [6.45, 7) is 5.42. The molecule has 1 saturated heterocycles. The molecular formula is C30H34N5O7P. The predicted molar refractivity (Wildman–Crippen MR) is 159 cm³/mol. The number of carbonyl (C=O) groups excluding carboxylic acids is 1. The first kappa shape index (κ1) is 30.1. The number of ether oxygens (including phenoxy) is 2. The number of benzene rings is 2. The third kappa shape index (κ3) is 6.36. The number of nitrogens with zero attached hydrogens (tertiary/aromatic N) is 3. The molecule has 12 nitrogen and oxygen atoms in total. The van der Waals surface area contributed by atoms with Gasteiger partial charge in [0.1, 0.15) is 36.0 Å². The summed E-state index contributed by atoms with van der Waals surface area (Å²) >= 11 is 0. The molecule has 43 heavy (non-hydrogen) atoms. The minimum Gasteiger partial charge on any atom is -0.479 e. The van der Waals surface area contributed by atoms with Gasteiger partial charge in [0, 0.05) is 5.92 Å². The molecule has 2 aromatic carbocycles. The monoisotopic (exact) mass is 607 g/mol. The fourth-order valence-electron chi connectivity index (χ4n) is 4.94. The van der Waals surface area contributed by atoms with Crippen molar-refractivity contribution in [2.75, 3.05) is 12.3 Å². The Bertz CT molecular complexity index is 1650. The molecule has 3 heterocycles. The molecule has 0 aliphatic carbocycles. The van der Waals surface area contributed by atoms with Gasteiger partial charge < -0.3 is 29.4 Å². The highest BCUT2D eigenvalue weighted by molar-refractivity contribution is 7.52. The van der Waals surface area contributed by atoms with Crippen LogP contribution in [-0.4, -0.2) is 44.4 Å². The quantitative estimate of drug-likeness (QED) is 0.126. The van der Waals surface area contributed by atoms with Crippen LogP contribution >= 0.6 is 7.75 Å². The molecule has 226 valence electrons. The molecule has 0 radical (unpaired) electrons. The first-order valence-corrected chi connectivity index (χ1v) is 15.3. The maximum atomic E-state index is 14.3. The van der Waals surface area contributed by atoms with E-state index in [2.05, 4.69) is 15.2 Å². The second kappa shape index (κ2) is 12.5. The first-order chi connectivity index (χ1) is 20.6. The lowest BCUT2D eigenvalue weighted by atomic mass is 9.86. The number of fused-ring (bicyclic) bond motifs is 1.